The third-order valence-electron chi connectivity index (χ3n) is 1.82. The Morgan fingerprint density at radius 2 is 2.25 bits per heavy atom. The molecular formula is C9H9BrN2O4. The molecule has 0 atom stereocenters. The molecule has 1 aromatic carbocycles. The highest BCUT2D eigenvalue weighted by Gasteiger charge is 2.27. The Morgan fingerprint density at radius 1 is 1.62 bits per heavy atom. The average molecular weight is 289 g/mol. The number of hydrogen-bond donors (Lipinski definition) is 1. The predicted molar refractivity (Wildman–Crippen MR) is 61.2 cm³/mol. The summed E-state index contributed by atoms with van der Waals surface area (Å²) in [6, 6.07) is 2.82. The van der Waals surface area contributed by atoms with Crippen molar-refractivity contribution in [2.75, 3.05) is 12.3 Å². The number of hydrogen-bond acceptors (Lipinski definition) is 5. The first-order valence-electron chi connectivity index (χ1n) is 4.38. The number of anilines is 1. The van der Waals surface area contributed by atoms with Crippen LogP contribution in [0.3, 0.4) is 0 Å². The average Bonchev–Trinajstić information content (AvgIpc) is 2.20. The minimum Gasteiger partial charge on any atom is -0.462 e. The van der Waals surface area contributed by atoms with Gasteiger partial charge in [-0.15, -0.1) is 0 Å². The Balaban J connectivity index is 3.40. The smallest absolute Gasteiger partial charge is 0.346 e. The van der Waals surface area contributed by atoms with Gasteiger partial charge < -0.3 is 10.5 Å². The van der Waals surface area contributed by atoms with Gasteiger partial charge in [-0.3, -0.25) is 10.1 Å². The lowest BCUT2D eigenvalue weighted by molar-refractivity contribution is -0.384. The summed E-state index contributed by atoms with van der Waals surface area (Å²) in [4.78, 5) is 21.6. The molecule has 16 heavy (non-hydrogen) atoms. The fourth-order valence-electron chi connectivity index (χ4n) is 1.18. The summed E-state index contributed by atoms with van der Waals surface area (Å²) in [5.74, 6) is -0.770. The molecule has 2 N–H and O–H groups in total. The second-order valence-corrected chi connectivity index (χ2v) is 3.69. The van der Waals surface area contributed by atoms with E-state index in [4.69, 9.17) is 10.5 Å². The summed E-state index contributed by atoms with van der Waals surface area (Å²) in [5, 5.41) is 10.8. The largest absolute Gasteiger partial charge is 0.462 e. The molecule has 0 bridgehead atoms. The normalized spacial score (nSPS) is 9.88. The Morgan fingerprint density at radius 3 is 2.75 bits per heavy atom. The van der Waals surface area contributed by atoms with Crippen LogP contribution in [0.4, 0.5) is 11.4 Å². The van der Waals surface area contributed by atoms with E-state index in [1.54, 1.807) is 6.92 Å². The minimum absolute atomic E-state index is 0.0729. The Hall–Kier alpha value is -1.63. The molecule has 0 radical (unpaired) electrons. The first-order valence-corrected chi connectivity index (χ1v) is 5.17. The van der Waals surface area contributed by atoms with Gasteiger partial charge in [0.15, 0.2) is 5.56 Å². The molecule has 0 saturated heterocycles. The lowest BCUT2D eigenvalue weighted by atomic mass is 10.1. The molecule has 0 aliphatic carbocycles. The van der Waals surface area contributed by atoms with E-state index in [0.717, 1.165) is 0 Å². The molecule has 0 saturated carbocycles. The van der Waals surface area contributed by atoms with E-state index in [-0.39, 0.29) is 22.3 Å². The van der Waals surface area contributed by atoms with Gasteiger partial charge >= 0.3 is 11.7 Å². The van der Waals surface area contributed by atoms with E-state index < -0.39 is 16.6 Å². The number of nitrogens with two attached hydrogens (primary N) is 1. The fourth-order valence-corrected chi connectivity index (χ4v) is 1.66. The van der Waals surface area contributed by atoms with Gasteiger partial charge in [-0.05, 0) is 35.0 Å². The zero-order valence-corrected chi connectivity index (χ0v) is 9.98. The summed E-state index contributed by atoms with van der Waals surface area (Å²) >= 11 is 3.06. The van der Waals surface area contributed by atoms with E-state index >= 15 is 0 Å². The van der Waals surface area contributed by atoms with Gasteiger partial charge in [-0.1, -0.05) is 0 Å². The maximum atomic E-state index is 11.5. The van der Waals surface area contributed by atoms with Gasteiger partial charge in [0.1, 0.15) is 5.69 Å². The fraction of sp³-hybridized carbons (Fsp3) is 0.222. The van der Waals surface area contributed by atoms with Gasteiger partial charge in [-0.2, -0.15) is 0 Å². The lowest BCUT2D eigenvalue weighted by Gasteiger charge is -2.06. The van der Waals surface area contributed by atoms with Gasteiger partial charge in [0.2, 0.25) is 0 Å². The molecule has 86 valence electrons. The van der Waals surface area contributed by atoms with Crippen molar-refractivity contribution in [3.05, 3.63) is 32.3 Å². The number of benzene rings is 1. The van der Waals surface area contributed by atoms with Crippen LogP contribution in [-0.4, -0.2) is 17.5 Å². The van der Waals surface area contributed by atoms with Crippen LogP contribution in [0.5, 0.6) is 0 Å². The van der Waals surface area contributed by atoms with Gasteiger partial charge in [0, 0.05) is 4.47 Å². The molecule has 0 fully saturated rings. The third-order valence-corrected chi connectivity index (χ3v) is 2.48. The Bertz CT molecular complexity index is 447. The number of nitro benzene ring substituents is 1. The van der Waals surface area contributed by atoms with Crippen LogP contribution < -0.4 is 5.73 Å². The van der Waals surface area contributed by atoms with Crippen molar-refractivity contribution in [1.82, 2.24) is 0 Å². The SMILES string of the molecule is CCOC(=O)c1c(Br)ccc(N)c1[N+](=O)[O-]. The van der Waals surface area contributed by atoms with Crippen molar-refractivity contribution in [3.8, 4) is 0 Å². The molecule has 7 heteroatoms. The van der Waals surface area contributed by atoms with E-state index in [2.05, 4.69) is 15.9 Å². The van der Waals surface area contributed by atoms with Crippen molar-refractivity contribution in [3.63, 3.8) is 0 Å². The number of halogens is 1. The highest BCUT2D eigenvalue weighted by molar-refractivity contribution is 9.10. The van der Waals surface area contributed by atoms with E-state index in [0.29, 0.717) is 0 Å². The molecule has 0 amide bonds. The summed E-state index contributed by atoms with van der Waals surface area (Å²) in [7, 11) is 0. The van der Waals surface area contributed by atoms with Gasteiger partial charge in [0.25, 0.3) is 0 Å². The standard InChI is InChI=1S/C9H9BrN2O4/c1-2-16-9(13)7-5(10)3-4-6(11)8(7)12(14)15/h3-4H,2,11H2,1H3. The molecule has 1 rings (SSSR count). The molecule has 6 nitrogen and oxygen atoms in total. The van der Waals surface area contributed by atoms with Crippen LogP contribution >= 0.6 is 15.9 Å². The number of rotatable bonds is 3. The second-order valence-electron chi connectivity index (χ2n) is 2.84. The molecule has 1 aromatic rings. The maximum absolute atomic E-state index is 11.5. The molecule has 0 aromatic heterocycles. The third kappa shape index (κ3) is 2.30. The Labute approximate surface area is 99.7 Å². The zero-order valence-electron chi connectivity index (χ0n) is 8.40. The first kappa shape index (κ1) is 12.4. The summed E-state index contributed by atoms with van der Waals surface area (Å²) in [6.07, 6.45) is 0. The summed E-state index contributed by atoms with van der Waals surface area (Å²) < 4.78 is 5.01. The molecule has 0 spiro atoms. The lowest BCUT2D eigenvalue weighted by Crippen LogP contribution is -2.10. The molecule has 0 aliphatic heterocycles. The van der Waals surface area contributed by atoms with Crippen LogP contribution in [0.25, 0.3) is 0 Å². The van der Waals surface area contributed by atoms with E-state index in [1.165, 1.54) is 12.1 Å². The van der Waals surface area contributed by atoms with Crippen molar-refractivity contribution in [2.45, 2.75) is 6.92 Å². The number of carbonyl (C=O) groups is 1. The number of carbonyl (C=O) groups excluding carboxylic acids is 1. The number of esters is 1. The van der Waals surface area contributed by atoms with Gasteiger partial charge in [-0.25, -0.2) is 4.79 Å². The highest BCUT2D eigenvalue weighted by atomic mass is 79.9. The van der Waals surface area contributed by atoms with Crippen LogP contribution in [0.2, 0.25) is 0 Å². The molecular weight excluding hydrogens is 280 g/mol. The van der Waals surface area contributed by atoms with Crippen molar-refractivity contribution in [1.29, 1.82) is 0 Å². The quantitative estimate of drug-likeness (QED) is 0.398. The molecule has 0 heterocycles. The number of ether oxygens (including phenoxy) is 1. The molecule has 0 unspecified atom stereocenters. The topological polar surface area (TPSA) is 95.5 Å². The number of nitro groups is 1. The van der Waals surface area contributed by atoms with Crippen LogP contribution in [-0.2, 0) is 4.74 Å². The monoisotopic (exact) mass is 288 g/mol. The van der Waals surface area contributed by atoms with Crippen molar-refractivity contribution >= 4 is 33.3 Å². The van der Waals surface area contributed by atoms with Crippen LogP contribution in [0.1, 0.15) is 17.3 Å². The number of nitrogen functional groups attached to an aromatic ring is 1. The Kier molecular flexibility index (Phi) is 3.83. The van der Waals surface area contributed by atoms with Crippen LogP contribution in [0.15, 0.2) is 16.6 Å². The zero-order chi connectivity index (χ0) is 12.3. The maximum Gasteiger partial charge on any atom is 0.346 e. The van der Waals surface area contributed by atoms with Gasteiger partial charge in [0.05, 0.1) is 11.5 Å². The summed E-state index contributed by atoms with van der Waals surface area (Å²) in [5.41, 5.74) is 4.78. The molecule has 0 aliphatic rings. The first-order chi connectivity index (χ1) is 7.49. The highest BCUT2D eigenvalue weighted by Crippen LogP contribution is 2.32. The van der Waals surface area contributed by atoms with E-state index in [9.17, 15) is 14.9 Å². The van der Waals surface area contributed by atoms with Crippen molar-refractivity contribution < 1.29 is 14.5 Å². The number of nitrogens with zero attached hydrogens (tertiary/aromatic N) is 1. The van der Waals surface area contributed by atoms with Crippen LogP contribution in [0, 0.1) is 10.1 Å². The van der Waals surface area contributed by atoms with Crippen molar-refractivity contribution in [2.24, 2.45) is 0 Å². The summed E-state index contributed by atoms with van der Waals surface area (Å²) in [6.45, 7) is 1.75. The van der Waals surface area contributed by atoms with E-state index in [1.807, 2.05) is 0 Å². The second kappa shape index (κ2) is 4.93. The predicted octanol–water partition coefficient (Wildman–Crippen LogP) is 2.12. The minimum atomic E-state index is -0.770.